The van der Waals surface area contributed by atoms with Crippen molar-refractivity contribution in [1.82, 2.24) is 0 Å². The molecule has 0 aromatic carbocycles. The number of carbonyl (C=O) groups excluding carboxylic acids is 2. The SMILES string of the molecule is CC(=O)OCCC#CCCOC(C)=O. The van der Waals surface area contributed by atoms with Crippen molar-refractivity contribution in [2.45, 2.75) is 26.7 Å². The van der Waals surface area contributed by atoms with Crippen LogP contribution in [0.2, 0.25) is 0 Å². The summed E-state index contributed by atoms with van der Waals surface area (Å²) in [7, 11) is 0. The molecule has 0 aliphatic carbocycles. The minimum absolute atomic E-state index is 0.299. The highest BCUT2D eigenvalue weighted by molar-refractivity contribution is 5.66. The molecule has 0 saturated carbocycles. The maximum atomic E-state index is 10.3. The van der Waals surface area contributed by atoms with Crippen LogP contribution in [0.5, 0.6) is 0 Å². The summed E-state index contributed by atoms with van der Waals surface area (Å²) in [6.07, 6.45) is 1.03. The molecule has 0 fully saturated rings. The van der Waals surface area contributed by atoms with Crippen molar-refractivity contribution in [2.24, 2.45) is 0 Å². The molecule has 78 valence electrons. The lowest BCUT2D eigenvalue weighted by molar-refractivity contribution is -0.141. The fraction of sp³-hybridized carbons (Fsp3) is 0.600. The molecule has 0 radical (unpaired) electrons. The normalized spacial score (nSPS) is 8.43. The maximum Gasteiger partial charge on any atom is 0.302 e. The maximum absolute atomic E-state index is 10.3. The molecule has 0 rings (SSSR count). The van der Waals surface area contributed by atoms with Crippen LogP contribution in [-0.2, 0) is 19.1 Å². The molecule has 0 N–H and O–H groups in total. The van der Waals surface area contributed by atoms with Crippen LogP contribution in [0.25, 0.3) is 0 Å². The Morgan fingerprint density at radius 3 is 1.57 bits per heavy atom. The predicted octanol–water partition coefficient (Wildman–Crippen LogP) is 0.896. The summed E-state index contributed by atoms with van der Waals surface area (Å²) < 4.78 is 9.32. The Morgan fingerprint density at radius 1 is 0.929 bits per heavy atom. The third kappa shape index (κ3) is 10.5. The molecule has 0 amide bonds. The minimum Gasteiger partial charge on any atom is -0.465 e. The Labute approximate surface area is 83.6 Å². The summed E-state index contributed by atoms with van der Waals surface area (Å²) in [5.74, 6) is 4.99. The van der Waals surface area contributed by atoms with Gasteiger partial charge in [0.15, 0.2) is 0 Å². The lowest BCUT2D eigenvalue weighted by Crippen LogP contribution is -2.00. The fourth-order valence-electron chi connectivity index (χ4n) is 0.668. The van der Waals surface area contributed by atoms with E-state index < -0.39 is 0 Å². The molecular weight excluding hydrogens is 184 g/mol. The van der Waals surface area contributed by atoms with Crippen molar-refractivity contribution in [3.8, 4) is 11.8 Å². The van der Waals surface area contributed by atoms with Gasteiger partial charge in [0.1, 0.15) is 13.2 Å². The zero-order chi connectivity index (χ0) is 10.8. The van der Waals surface area contributed by atoms with E-state index in [0.29, 0.717) is 26.1 Å². The quantitative estimate of drug-likeness (QED) is 0.382. The number of esters is 2. The number of ether oxygens (including phenoxy) is 2. The smallest absolute Gasteiger partial charge is 0.302 e. The third-order valence-corrected chi connectivity index (χ3v) is 1.19. The lowest BCUT2D eigenvalue weighted by Gasteiger charge is -1.96. The van der Waals surface area contributed by atoms with E-state index in [0.717, 1.165) is 0 Å². The second-order valence-electron chi connectivity index (χ2n) is 2.53. The molecule has 0 atom stereocenters. The summed E-state index contributed by atoms with van der Waals surface area (Å²) in [6.45, 7) is 3.34. The predicted molar refractivity (Wildman–Crippen MR) is 50.3 cm³/mol. The number of carbonyl (C=O) groups is 2. The molecule has 0 bridgehead atoms. The van der Waals surface area contributed by atoms with Gasteiger partial charge in [-0.3, -0.25) is 9.59 Å². The van der Waals surface area contributed by atoms with Crippen LogP contribution in [0.1, 0.15) is 26.7 Å². The van der Waals surface area contributed by atoms with Crippen LogP contribution >= 0.6 is 0 Å². The Morgan fingerprint density at radius 2 is 1.29 bits per heavy atom. The second-order valence-corrected chi connectivity index (χ2v) is 2.53. The first kappa shape index (κ1) is 12.5. The molecule has 0 spiro atoms. The highest BCUT2D eigenvalue weighted by Crippen LogP contribution is 1.84. The van der Waals surface area contributed by atoms with Crippen LogP contribution in [0.4, 0.5) is 0 Å². The minimum atomic E-state index is -0.299. The van der Waals surface area contributed by atoms with Gasteiger partial charge in [0.25, 0.3) is 0 Å². The van der Waals surface area contributed by atoms with Gasteiger partial charge in [-0.25, -0.2) is 0 Å². The van der Waals surface area contributed by atoms with Gasteiger partial charge in [-0.1, -0.05) is 11.8 Å². The Bertz CT molecular complexity index is 223. The first-order valence-corrected chi connectivity index (χ1v) is 4.35. The summed E-state index contributed by atoms with van der Waals surface area (Å²) in [6, 6.07) is 0. The standard InChI is InChI=1S/C10H14O4/c1-9(11)13-7-5-3-4-6-8-14-10(2)12/h5-8H2,1-2H3. The van der Waals surface area contributed by atoms with Gasteiger partial charge in [-0.05, 0) is 0 Å². The van der Waals surface area contributed by atoms with Crippen molar-refractivity contribution in [3.05, 3.63) is 0 Å². The highest BCUT2D eigenvalue weighted by atomic mass is 16.5. The number of rotatable bonds is 4. The summed E-state index contributed by atoms with van der Waals surface area (Å²) >= 11 is 0. The van der Waals surface area contributed by atoms with E-state index >= 15 is 0 Å². The zero-order valence-corrected chi connectivity index (χ0v) is 8.46. The third-order valence-electron chi connectivity index (χ3n) is 1.19. The summed E-state index contributed by atoms with van der Waals surface area (Å²) in [5.41, 5.74) is 0. The molecule has 0 heterocycles. The molecule has 0 aromatic rings. The van der Waals surface area contributed by atoms with Gasteiger partial charge in [-0.2, -0.15) is 0 Å². The van der Waals surface area contributed by atoms with Gasteiger partial charge < -0.3 is 9.47 Å². The van der Waals surface area contributed by atoms with Gasteiger partial charge in [-0.15, -0.1) is 0 Å². The average molecular weight is 198 g/mol. The molecule has 0 unspecified atom stereocenters. The number of hydrogen-bond donors (Lipinski definition) is 0. The molecule has 0 saturated heterocycles. The van der Waals surface area contributed by atoms with Crippen LogP contribution < -0.4 is 0 Å². The molecule has 0 aromatic heterocycles. The largest absolute Gasteiger partial charge is 0.465 e. The highest BCUT2D eigenvalue weighted by Gasteiger charge is 1.89. The molecule has 14 heavy (non-hydrogen) atoms. The van der Waals surface area contributed by atoms with Crippen molar-refractivity contribution in [1.29, 1.82) is 0 Å². The second kappa shape index (κ2) is 8.11. The van der Waals surface area contributed by atoms with Crippen LogP contribution in [0.15, 0.2) is 0 Å². The van der Waals surface area contributed by atoms with Gasteiger partial charge >= 0.3 is 11.9 Å². The van der Waals surface area contributed by atoms with Crippen LogP contribution in [0.3, 0.4) is 0 Å². The average Bonchev–Trinajstić information content (AvgIpc) is 2.08. The lowest BCUT2D eigenvalue weighted by atomic mass is 10.4. The first-order valence-electron chi connectivity index (χ1n) is 4.35. The van der Waals surface area contributed by atoms with Gasteiger partial charge in [0.2, 0.25) is 0 Å². The van der Waals surface area contributed by atoms with Gasteiger partial charge in [0.05, 0.1) is 0 Å². The van der Waals surface area contributed by atoms with Crippen molar-refractivity contribution >= 4 is 11.9 Å². The molecule has 4 heteroatoms. The Hall–Kier alpha value is -1.50. The van der Waals surface area contributed by atoms with E-state index in [1.165, 1.54) is 13.8 Å². The van der Waals surface area contributed by atoms with Gasteiger partial charge in [0, 0.05) is 26.7 Å². The Kier molecular flexibility index (Phi) is 7.24. The summed E-state index contributed by atoms with van der Waals surface area (Å²) in [4.78, 5) is 20.7. The fourth-order valence-corrected chi connectivity index (χ4v) is 0.668. The first-order chi connectivity index (χ1) is 6.63. The van der Waals surface area contributed by atoms with Crippen molar-refractivity contribution in [2.75, 3.05) is 13.2 Å². The van der Waals surface area contributed by atoms with Crippen LogP contribution in [0, 0.1) is 11.8 Å². The van der Waals surface area contributed by atoms with E-state index in [1.54, 1.807) is 0 Å². The molecule has 0 aliphatic heterocycles. The van der Waals surface area contributed by atoms with Crippen molar-refractivity contribution < 1.29 is 19.1 Å². The molecular formula is C10H14O4. The molecule has 0 aliphatic rings. The zero-order valence-electron chi connectivity index (χ0n) is 8.46. The monoisotopic (exact) mass is 198 g/mol. The van der Waals surface area contributed by atoms with E-state index in [1.807, 2.05) is 0 Å². The van der Waals surface area contributed by atoms with Crippen LogP contribution in [-0.4, -0.2) is 25.2 Å². The Balaban J connectivity index is 3.27. The van der Waals surface area contributed by atoms with E-state index in [2.05, 4.69) is 21.3 Å². The van der Waals surface area contributed by atoms with E-state index in [9.17, 15) is 9.59 Å². The summed E-state index contributed by atoms with van der Waals surface area (Å²) in [5, 5.41) is 0. The number of hydrogen-bond acceptors (Lipinski definition) is 4. The van der Waals surface area contributed by atoms with E-state index in [-0.39, 0.29) is 11.9 Å². The van der Waals surface area contributed by atoms with Crippen molar-refractivity contribution in [3.63, 3.8) is 0 Å². The van der Waals surface area contributed by atoms with E-state index in [4.69, 9.17) is 0 Å². The molecule has 4 nitrogen and oxygen atoms in total. The topological polar surface area (TPSA) is 52.6 Å².